The number of rotatable bonds is 6. The molecule has 0 radical (unpaired) electrons. The van der Waals surface area contributed by atoms with E-state index in [1.165, 1.54) is 24.1 Å². The summed E-state index contributed by atoms with van der Waals surface area (Å²) in [5, 5.41) is 11.2. The zero-order valence-electron chi connectivity index (χ0n) is 15.7. The average molecular weight is 423 g/mol. The summed E-state index contributed by atoms with van der Waals surface area (Å²) in [6.07, 6.45) is -1.44. The van der Waals surface area contributed by atoms with Crippen LogP contribution in [-0.4, -0.2) is 60.4 Å². The monoisotopic (exact) mass is 423 g/mol. The molecule has 1 aliphatic heterocycles. The molecular weight excluding hydrogens is 401 g/mol. The van der Waals surface area contributed by atoms with Crippen LogP contribution in [0.25, 0.3) is 0 Å². The fraction of sp³-hybridized carbons (Fsp3) is 0.667. The van der Waals surface area contributed by atoms with Crippen molar-refractivity contribution in [1.29, 1.82) is 0 Å². The van der Waals surface area contributed by atoms with Gasteiger partial charge in [-0.3, -0.25) is 0 Å². The quantitative estimate of drug-likeness (QED) is 0.684. The Morgan fingerprint density at radius 1 is 1.31 bits per heavy atom. The van der Waals surface area contributed by atoms with Crippen LogP contribution < -0.4 is 15.0 Å². The molecule has 29 heavy (non-hydrogen) atoms. The molecule has 0 spiro atoms. The molecular formula is C18H22F5N3O3. The van der Waals surface area contributed by atoms with E-state index in [9.17, 15) is 26.7 Å². The van der Waals surface area contributed by atoms with Crippen molar-refractivity contribution in [2.45, 2.75) is 43.3 Å². The molecule has 11 heteroatoms. The van der Waals surface area contributed by atoms with Crippen molar-refractivity contribution in [1.82, 2.24) is 10.3 Å². The van der Waals surface area contributed by atoms with Gasteiger partial charge < -0.3 is 20.1 Å². The van der Waals surface area contributed by atoms with Gasteiger partial charge >= 0.3 is 12.1 Å². The van der Waals surface area contributed by atoms with Gasteiger partial charge in [-0.25, -0.2) is 18.6 Å². The molecule has 2 aliphatic carbocycles. The number of carbonyl (C=O) groups is 1. The van der Waals surface area contributed by atoms with Crippen LogP contribution in [-0.2, 0) is 0 Å². The van der Waals surface area contributed by atoms with Crippen LogP contribution in [0.1, 0.15) is 36.2 Å². The zero-order chi connectivity index (χ0) is 21.4. The van der Waals surface area contributed by atoms with Crippen LogP contribution in [0.2, 0.25) is 0 Å². The Bertz CT molecular complexity index is 756. The third kappa shape index (κ3) is 5.06. The molecule has 6 nitrogen and oxygen atoms in total. The molecule has 1 aromatic heterocycles. The highest BCUT2D eigenvalue weighted by molar-refractivity contribution is 5.86. The van der Waals surface area contributed by atoms with Gasteiger partial charge in [0.05, 0.1) is 19.7 Å². The minimum absolute atomic E-state index is 0.132. The summed E-state index contributed by atoms with van der Waals surface area (Å²) in [5.41, 5.74) is -1.24. The van der Waals surface area contributed by atoms with Crippen molar-refractivity contribution < 1.29 is 36.6 Å². The second-order valence-corrected chi connectivity index (χ2v) is 7.62. The Morgan fingerprint density at radius 3 is 2.31 bits per heavy atom. The Kier molecular flexibility index (Phi) is 5.63. The van der Waals surface area contributed by atoms with E-state index in [1.54, 1.807) is 0 Å². The highest BCUT2D eigenvalue weighted by Gasteiger charge is 2.62. The smallest absolute Gasteiger partial charge is 0.406 e. The minimum Gasteiger partial charge on any atom is -0.477 e. The molecule has 2 N–H and O–H groups in total. The largest absolute Gasteiger partial charge is 0.477 e. The second kappa shape index (κ2) is 7.58. The van der Waals surface area contributed by atoms with Gasteiger partial charge in [-0.15, -0.1) is 0 Å². The van der Waals surface area contributed by atoms with Gasteiger partial charge in [0.25, 0.3) is 5.92 Å². The second-order valence-electron chi connectivity index (χ2n) is 7.62. The lowest BCUT2D eigenvalue weighted by molar-refractivity contribution is -0.164. The van der Waals surface area contributed by atoms with Gasteiger partial charge in [-0.2, -0.15) is 13.2 Å². The Labute approximate surface area is 164 Å². The molecule has 2 saturated carbocycles. The van der Waals surface area contributed by atoms with E-state index in [1.807, 2.05) is 0 Å². The average Bonchev–Trinajstić information content (AvgIpc) is 3.51. The molecule has 162 valence electrons. The summed E-state index contributed by atoms with van der Waals surface area (Å²) < 4.78 is 66.9. The van der Waals surface area contributed by atoms with E-state index in [0.717, 1.165) is 12.8 Å². The maximum absolute atomic E-state index is 12.9. The van der Waals surface area contributed by atoms with Gasteiger partial charge in [0.1, 0.15) is 11.2 Å². The topological polar surface area (TPSA) is 74.7 Å². The summed E-state index contributed by atoms with van der Waals surface area (Å²) in [4.78, 5) is 16.3. The summed E-state index contributed by atoms with van der Waals surface area (Å²) in [5.74, 6) is -3.26. The van der Waals surface area contributed by atoms with Crippen molar-refractivity contribution in [2.24, 2.45) is 5.92 Å². The summed E-state index contributed by atoms with van der Waals surface area (Å²) in [6, 6.07) is 2.78. The number of nitrogens with one attached hydrogen (secondary N) is 1. The molecule has 2 heterocycles. The zero-order valence-corrected chi connectivity index (χ0v) is 15.7. The first-order valence-corrected chi connectivity index (χ1v) is 9.22. The van der Waals surface area contributed by atoms with Crippen molar-refractivity contribution in [3.05, 3.63) is 17.8 Å². The number of alkyl halides is 5. The van der Waals surface area contributed by atoms with E-state index >= 15 is 0 Å². The third-order valence-corrected chi connectivity index (χ3v) is 5.17. The Hall–Kier alpha value is -2.17. The minimum atomic E-state index is -4.05. The number of hydrogen-bond donors (Lipinski definition) is 2. The lowest BCUT2D eigenvalue weighted by Gasteiger charge is -2.40. The highest BCUT2D eigenvalue weighted by Crippen LogP contribution is 2.48. The van der Waals surface area contributed by atoms with Gasteiger partial charge in [0.15, 0.2) is 5.69 Å². The molecule has 1 saturated heterocycles. The number of ether oxygens (including phenoxy) is 1. The summed E-state index contributed by atoms with van der Waals surface area (Å²) in [7, 11) is 1.35. The molecule has 4 rings (SSSR count). The predicted octanol–water partition coefficient (Wildman–Crippen LogP) is 3.32. The first kappa shape index (κ1) is 21.5. The van der Waals surface area contributed by atoms with E-state index in [2.05, 4.69) is 10.3 Å². The van der Waals surface area contributed by atoms with Gasteiger partial charge in [-0.05, 0) is 50.8 Å². The molecule has 1 aromatic rings. The molecule has 0 atom stereocenters. The van der Waals surface area contributed by atoms with Crippen LogP contribution in [0.4, 0.5) is 27.6 Å². The van der Waals surface area contributed by atoms with Crippen molar-refractivity contribution in [3.63, 3.8) is 0 Å². The van der Waals surface area contributed by atoms with Crippen molar-refractivity contribution >= 4 is 11.7 Å². The molecule has 0 aromatic carbocycles. The lowest BCUT2D eigenvalue weighted by Crippen LogP contribution is -2.56. The van der Waals surface area contributed by atoms with Crippen LogP contribution in [0.5, 0.6) is 5.88 Å². The molecule has 0 bridgehead atoms. The fourth-order valence-electron chi connectivity index (χ4n) is 2.86. The van der Waals surface area contributed by atoms with E-state index < -0.39 is 23.6 Å². The molecule has 0 amide bonds. The normalized spacial score (nSPS) is 21.5. The van der Waals surface area contributed by atoms with Gasteiger partial charge in [0, 0.05) is 0 Å². The molecule has 3 aliphatic rings. The SMILES string of the molecule is CNC1(C(F)(F)F)CC1.O=C(O)c1ccc(N2CC(F)(F)C2)c(OCC2CC2)n1. The predicted molar refractivity (Wildman–Crippen MR) is 93.7 cm³/mol. The fourth-order valence-corrected chi connectivity index (χ4v) is 2.86. The third-order valence-electron chi connectivity index (χ3n) is 5.17. The number of carboxylic acid groups (broad SMARTS) is 1. The Balaban J connectivity index is 0.000000224. The van der Waals surface area contributed by atoms with Crippen molar-refractivity contribution in [3.8, 4) is 5.88 Å². The van der Waals surface area contributed by atoms with E-state index in [-0.39, 0.29) is 37.5 Å². The number of anilines is 1. The van der Waals surface area contributed by atoms with Crippen LogP contribution >= 0.6 is 0 Å². The van der Waals surface area contributed by atoms with Crippen LogP contribution in [0, 0.1) is 5.92 Å². The highest BCUT2D eigenvalue weighted by atomic mass is 19.4. The standard InChI is InChI=1S/C13H14F2N2O3.C5H8F3N/c14-13(15)6-17(7-13)10-4-3-9(12(18)19)16-11(10)20-5-8-1-2-8;1-9-4(2-3-4)5(6,7)8/h3-4,8H,1-2,5-7H2,(H,18,19);9H,2-3H2,1H3. The first-order chi connectivity index (χ1) is 13.5. The van der Waals surface area contributed by atoms with Crippen LogP contribution in [0.15, 0.2) is 12.1 Å². The lowest BCUT2D eigenvalue weighted by atomic mass is 10.1. The number of aromatic carboxylic acids is 1. The van der Waals surface area contributed by atoms with Crippen molar-refractivity contribution in [2.75, 3.05) is 31.6 Å². The number of aromatic nitrogens is 1. The molecule has 0 unspecified atom stereocenters. The number of halogens is 5. The number of carboxylic acids is 1. The van der Waals surface area contributed by atoms with Crippen LogP contribution in [0.3, 0.4) is 0 Å². The van der Waals surface area contributed by atoms with E-state index in [0.29, 0.717) is 18.2 Å². The first-order valence-electron chi connectivity index (χ1n) is 9.22. The summed E-state index contributed by atoms with van der Waals surface area (Å²) >= 11 is 0. The van der Waals surface area contributed by atoms with Gasteiger partial charge in [-0.1, -0.05) is 0 Å². The maximum Gasteiger partial charge on any atom is 0.406 e. The summed E-state index contributed by atoms with van der Waals surface area (Å²) in [6.45, 7) is -0.324. The maximum atomic E-state index is 12.9. The van der Waals surface area contributed by atoms with Gasteiger partial charge in [0.2, 0.25) is 5.88 Å². The number of pyridine rings is 1. The molecule has 3 fully saturated rings. The number of nitrogens with zero attached hydrogens (tertiary/aromatic N) is 2. The number of hydrogen-bond acceptors (Lipinski definition) is 5. The Morgan fingerprint density at radius 2 is 1.93 bits per heavy atom. The van der Waals surface area contributed by atoms with E-state index in [4.69, 9.17) is 9.84 Å².